The molecule has 22 heavy (non-hydrogen) atoms. The molecule has 130 valence electrons. The van der Waals surface area contributed by atoms with Crippen LogP contribution in [0, 0.1) is 0 Å². The number of piperazine rings is 1. The van der Waals surface area contributed by atoms with E-state index in [4.69, 9.17) is 0 Å². The van der Waals surface area contributed by atoms with Crippen LogP contribution in [0.25, 0.3) is 0 Å². The summed E-state index contributed by atoms with van der Waals surface area (Å²) in [4.78, 5) is 20.9. The Labute approximate surface area is 137 Å². The second-order valence-electron chi connectivity index (χ2n) is 6.61. The van der Waals surface area contributed by atoms with Crippen LogP contribution in [0.1, 0.15) is 40.0 Å². The number of carbonyl (C=O) groups excluding carboxylic acids is 1. The Morgan fingerprint density at radius 2 is 1.68 bits per heavy atom. The summed E-state index contributed by atoms with van der Waals surface area (Å²) < 4.78 is 0. The number of rotatable bonds is 2. The summed E-state index contributed by atoms with van der Waals surface area (Å²) in [6.07, 6.45) is 3.43. The monoisotopic (exact) mass is 312 g/mol. The lowest BCUT2D eigenvalue weighted by atomic mass is 9.83. The third-order valence-electron chi connectivity index (χ3n) is 4.83. The molecule has 0 aromatic rings. The van der Waals surface area contributed by atoms with Gasteiger partial charge in [-0.1, -0.05) is 20.8 Å². The lowest BCUT2D eigenvalue weighted by Crippen LogP contribution is -2.65. The van der Waals surface area contributed by atoms with Gasteiger partial charge >= 0.3 is 6.03 Å². The van der Waals surface area contributed by atoms with Gasteiger partial charge in [-0.2, -0.15) is 0 Å². The second-order valence-corrected chi connectivity index (χ2v) is 6.61. The van der Waals surface area contributed by atoms with Crippen molar-refractivity contribution in [3.05, 3.63) is 0 Å². The van der Waals surface area contributed by atoms with E-state index in [1.807, 2.05) is 32.8 Å². The molecule has 2 heterocycles. The molecule has 2 saturated heterocycles. The maximum atomic E-state index is 12.1. The minimum absolute atomic E-state index is 0.158. The minimum atomic E-state index is 0.158. The van der Waals surface area contributed by atoms with Gasteiger partial charge in [-0.05, 0) is 32.9 Å². The van der Waals surface area contributed by atoms with Crippen molar-refractivity contribution in [1.29, 1.82) is 0 Å². The molecular weight excluding hydrogens is 276 g/mol. The molecular formula is C17H36N4O. The van der Waals surface area contributed by atoms with Gasteiger partial charge < -0.3 is 14.7 Å². The maximum Gasteiger partial charge on any atom is 0.319 e. The van der Waals surface area contributed by atoms with Crippen LogP contribution in [0.2, 0.25) is 0 Å². The maximum absolute atomic E-state index is 12.1. The average molecular weight is 313 g/mol. The molecule has 0 unspecified atom stereocenters. The summed E-state index contributed by atoms with van der Waals surface area (Å²) in [5.74, 6) is 0. The van der Waals surface area contributed by atoms with Gasteiger partial charge in [0.25, 0.3) is 0 Å². The lowest BCUT2D eigenvalue weighted by molar-refractivity contribution is -0.0298. The number of piperidine rings is 1. The molecule has 0 aliphatic carbocycles. The zero-order valence-electron chi connectivity index (χ0n) is 15.6. The highest BCUT2D eigenvalue weighted by atomic mass is 16.2. The van der Waals surface area contributed by atoms with Crippen molar-refractivity contribution in [3.63, 3.8) is 0 Å². The predicted molar refractivity (Wildman–Crippen MR) is 93.3 cm³/mol. The number of nitrogens with zero attached hydrogens (tertiary/aromatic N) is 4. The van der Waals surface area contributed by atoms with E-state index in [0.29, 0.717) is 5.54 Å². The summed E-state index contributed by atoms with van der Waals surface area (Å²) in [5, 5.41) is 0. The molecule has 5 nitrogen and oxygen atoms in total. The standard InChI is InChI=1S/C15H30N4O.C2H6/c1-5-8-19-12-11-17(4)13-15(19)6-9-18(10-7-15)14(20)16(2)3;1-2/h5-13H2,1-4H3;1-2H3. The lowest BCUT2D eigenvalue weighted by Gasteiger charge is -2.54. The van der Waals surface area contributed by atoms with Gasteiger partial charge in [0, 0.05) is 52.4 Å². The first-order valence-corrected chi connectivity index (χ1v) is 8.88. The molecule has 0 N–H and O–H groups in total. The number of likely N-dealkylation sites (tertiary alicyclic amines) is 1. The highest BCUT2D eigenvalue weighted by molar-refractivity contribution is 5.73. The zero-order chi connectivity index (χ0) is 16.8. The molecule has 0 saturated carbocycles. The number of likely N-dealkylation sites (N-methyl/N-ethyl adjacent to an activating group) is 1. The fourth-order valence-corrected chi connectivity index (χ4v) is 3.70. The minimum Gasteiger partial charge on any atom is -0.331 e. The third-order valence-corrected chi connectivity index (χ3v) is 4.83. The van der Waals surface area contributed by atoms with Crippen molar-refractivity contribution in [3.8, 4) is 0 Å². The van der Waals surface area contributed by atoms with Crippen LogP contribution in [0.5, 0.6) is 0 Å². The van der Waals surface area contributed by atoms with E-state index in [9.17, 15) is 4.79 Å². The van der Waals surface area contributed by atoms with E-state index >= 15 is 0 Å². The van der Waals surface area contributed by atoms with Gasteiger partial charge in [0.15, 0.2) is 0 Å². The van der Waals surface area contributed by atoms with Crippen molar-refractivity contribution in [1.82, 2.24) is 19.6 Å². The molecule has 0 aromatic carbocycles. The first kappa shape index (κ1) is 19.2. The summed E-state index contributed by atoms with van der Waals surface area (Å²) in [5.41, 5.74) is 0.298. The van der Waals surface area contributed by atoms with Gasteiger partial charge in [-0.15, -0.1) is 0 Å². The summed E-state index contributed by atoms with van der Waals surface area (Å²) in [6, 6.07) is 0.158. The number of urea groups is 1. The van der Waals surface area contributed by atoms with Crippen molar-refractivity contribution in [2.24, 2.45) is 0 Å². The molecule has 2 aliphatic rings. The van der Waals surface area contributed by atoms with Gasteiger partial charge in [-0.25, -0.2) is 4.79 Å². The van der Waals surface area contributed by atoms with Crippen LogP contribution in [-0.4, -0.2) is 91.6 Å². The number of carbonyl (C=O) groups is 1. The molecule has 0 bridgehead atoms. The molecule has 1 spiro atoms. The molecule has 2 aliphatic heterocycles. The van der Waals surface area contributed by atoms with E-state index < -0.39 is 0 Å². The molecule has 2 fully saturated rings. The van der Waals surface area contributed by atoms with Crippen molar-refractivity contribution in [2.75, 3.05) is 60.4 Å². The number of hydrogen-bond donors (Lipinski definition) is 0. The van der Waals surface area contributed by atoms with Gasteiger partial charge in [0.1, 0.15) is 0 Å². The Bertz CT molecular complexity index is 338. The van der Waals surface area contributed by atoms with Crippen LogP contribution in [-0.2, 0) is 0 Å². The first-order chi connectivity index (χ1) is 10.5. The highest BCUT2D eigenvalue weighted by Gasteiger charge is 2.43. The van der Waals surface area contributed by atoms with Crippen molar-refractivity contribution >= 4 is 6.03 Å². The van der Waals surface area contributed by atoms with E-state index in [-0.39, 0.29) is 6.03 Å². The predicted octanol–water partition coefficient (Wildman–Crippen LogP) is 2.19. The Morgan fingerprint density at radius 1 is 1.09 bits per heavy atom. The van der Waals surface area contributed by atoms with Crippen molar-refractivity contribution < 1.29 is 4.79 Å². The molecule has 0 atom stereocenters. The Balaban J connectivity index is 0.00000116. The molecule has 2 amide bonds. The summed E-state index contributed by atoms with van der Waals surface area (Å²) in [6.45, 7) is 12.7. The van der Waals surface area contributed by atoms with E-state index in [2.05, 4.69) is 23.8 Å². The van der Waals surface area contributed by atoms with E-state index in [0.717, 1.165) is 32.5 Å². The highest BCUT2D eigenvalue weighted by Crippen LogP contribution is 2.32. The Morgan fingerprint density at radius 3 is 2.18 bits per heavy atom. The fourth-order valence-electron chi connectivity index (χ4n) is 3.70. The van der Waals surface area contributed by atoms with Crippen LogP contribution < -0.4 is 0 Å². The topological polar surface area (TPSA) is 30.0 Å². The molecule has 5 heteroatoms. The van der Waals surface area contributed by atoms with Crippen LogP contribution in [0.15, 0.2) is 0 Å². The largest absolute Gasteiger partial charge is 0.331 e. The van der Waals surface area contributed by atoms with Gasteiger partial charge in [0.05, 0.1) is 0 Å². The number of amides is 2. The van der Waals surface area contributed by atoms with E-state index in [1.165, 1.54) is 26.1 Å². The normalized spacial score (nSPS) is 22.2. The first-order valence-electron chi connectivity index (χ1n) is 8.88. The third kappa shape index (κ3) is 4.35. The zero-order valence-corrected chi connectivity index (χ0v) is 15.6. The Kier molecular flexibility index (Phi) is 7.63. The summed E-state index contributed by atoms with van der Waals surface area (Å²) in [7, 11) is 5.90. The van der Waals surface area contributed by atoms with E-state index in [1.54, 1.807) is 4.90 Å². The summed E-state index contributed by atoms with van der Waals surface area (Å²) >= 11 is 0. The quantitative estimate of drug-likeness (QED) is 0.783. The molecule has 0 radical (unpaired) electrons. The van der Waals surface area contributed by atoms with Crippen molar-refractivity contribution in [2.45, 2.75) is 45.6 Å². The Hall–Kier alpha value is -0.810. The van der Waals surface area contributed by atoms with Crippen LogP contribution in [0.3, 0.4) is 0 Å². The SMILES string of the molecule is CC.CCCN1CCN(C)CC12CCN(C(=O)N(C)C)CC2. The smallest absolute Gasteiger partial charge is 0.319 e. The molecule has 2 rings (SSSR count). The fraction of sp³-hybridized carbons (Fsp3) is 0.941. The second kappa shape index (κ2) is 8.73. The van der Waals surface area contributed by atoms with Gasteiger partial charge in [-0.3, -0.25) is 4.90 Å². The number of hydrogen-bond acceptors (Lipinski definition) is 3. The van der Waals surface area contributed by atoms with Crippen LogP contribution in [0.4, 0.5) is 4.79 Å². The van der Waals surface area contributed by atoms with Crippen LogP contribution >= 0.6 is 0 Å². The molecule has 0 aromatic heterocycles. The average Bonchev–Trinajstić information content (AvgIpc) is 2.52. The van der Waals surface area contributed by atoms with Gasteiger partial charge in [0.2, 0.25) is 0 Å².